The second-order valence-corrected chi connectivity index (χ2v) is 33.8. The molecule has 2 saturated carbocycles. The van der Waals surface area contributed by atoms with Crippen molar-refractivity contribution in [1.82, 2.24) is 5.32 Å². The van der Waals surface area contributed by atoms with Gasteiger partial charge in [-0.15, -0.1) is 0 Å². The van der Waals surface area contributed by atoms with E-state index in [0.29, 0.717) is 22.8 Å². The van der Waals surface area contributed by atoms with Gasteiger partial charge in [0.05, 0.1) is 42.4 Å². The van der Waals surface area contributed by atoms with Crippen molar-refractivity contribution in [3.8, 4) is 0 Å². The van der Waals surface area contributed by atoms with Gasteiger partial charge >= 0.3 is 41.8 Å². The number of ether oxygens (including phenoxy) is 9. The van der Waals surface area contributed by atoms with Gasteiger partial charge < -0.3 is 57.5 Å². The molecule has 2 saturated heterocycles. The van der Waals surface area contributed by atoms with Crippen molar-refractivity contribution < 1.29 is 95.3 Å². The Kier molecular flexibility index (Phi) is 22.7. The highest BCUT2D eigenvalue weighted by atomic mass is 33.1. The molecular formula is C67H85NO20S2Si. The lowest BCUT2D eigenvalue weighted by Gasteiger charge is -2.67. The number of amides is 1. The first-order valence-corrected chi connectivity index (χ1v) is 36.1. The molecule has 4 fully saturated rings. The monoisotopic (exact) mass is 1320 g/mol. The summed E-state index contributed by atoms with van der Waals surface area (Å²) in [4.78, 5) is 128. The molecule has 12 atom stereocenters. The molecule has 8 rings (SSSR count). The Bertz CT molecular complexity index is 3190. The maximum absolute atomic E-state index is 16.6. The molecule has 0 spiro atoms. The molecule has 3 aromatic rings. The van der Waals surface area contributed by atoms with E-state index in [2.05, 4.69) is 5.32 Å². The molecule has 3 aromatic carbocycles. The summed E-state index contributed by atoms with van der Waals surface area (Å²) in [5, 5.41) is 17.6. The Morgan fingerprint density at radius 2 is 1.37 bits per heavy atom. The van der Waals surface area contributed by atoms with Crippen LogP contribution in [0.3, 0.4) is 0 Å². The van der Waals surface area contributed by atoms with Gasteiger partial charge in [-0.2, -0.15) is 0 Å². The Morgan fingerprint density at radius 1 is 0.769 bits per heavy atom. The number of Topliss-reactive ketones (excluding diaryl/α,β-unsaturated/α-hetero) is 1. The lowest BCUT2D eigenvalue weighted by molar-refractivity contribution is -0.346. The summed E-state index contributed by atoms with van der Waals surface area (Å²) in [5.74, 6) is -8.23. The van der Waals surface area contributed by atoms with Gasteiger partial charge in [-0.1, -0.05) is 129 Å². The maximum atomic E-state index is 16.6. The average molecular weight is 1320 g/mol. The summed E-state index contributed by atoms with van der Waals surface area (Å²) in [6.07, 6.45) is -8.00. The van der Waals surface area contributed by atoms with E-state index in [1.54, 1.807) is 99.6 Å². The van der Waals surface area contributed by atoms with Crippen LogP contribution in [-0.4, -0.2) is 146 Å². The highest BCUT2D eigenvalue weighted by Gasteiger charge is 2.79. The molecule has 0 radical (unpaired) electrons. The molecule has 2 heterocycles. The van der Waals surface area contributed by atoms with Gasteiger partial charge in [-0.25, -0.2) is 9.59 Å². The Morgan fingerprint density at radius 3 is 1.95 bits per heavy atom. The maximum Gasteiger partial charge on any atom is 0.338 e. The zero-order valence-corrected chi connectivity index (χ0v) is 56.2. The van der Waals surface area contributed by atoms with Crippen LogP contribution in [0.2, 0.25) is 18.1 Å². The number of ketones is 1. The summed E-state index contributed by atoms with van der Waals surface area (Å²) in [6, 6.07) is 23.7. The van der Waals surface area contributed by atoms with Crippen molar-refractivity contribution in [2.75, 3.05) is 25.9 Å². The summed E-state index contributed by atoms with van der Waals surface area (Å²) < 4.78 is 60.8. The van der Waals surface area contributed by atoms with Crippen molar-refractivity contribution in [1.29, 1.82) is 0 Å². The van der Waals surface area contributed by atoms with Crippen LogP contribution in [0.4, 0.5) is 0 Å². The fourth-order valence-electron chi connectivity index (χ4n) is 12.9. The third kappa shape index (κ3) is 15.5. The fraction of sp³-hybridized carbons (Fsp3) is 0.567. The van der Waals surface area contributed by atoms with Crippen LogP contribution in [0.5, 0.6) is 0 Å². The van der Waals surface area contributed by atoms with Crippen LogP contribution < -0.4 is 5.32 Å². The predicted octanol–water partition coefficient (Wildman–Crippen LogP) is 9.83. The second kappa shape index (κ2) is 29.3. The van der Waals surface area contributed by atoms with Gasteiger partial charge in [0.2, 0.25) is 0 Å². The zero-order chi connectivity index (χ0) is 66.3. The van der Waals surface area contributed by atoms with Gasteiger partial charge in [-0.05, 0) is 92.2 Å². The Labute approximate surface area is 540 Å². The molecule has 0 aromatic heterocycles. The lowest BCUT2D eigenvalue weighted by Crippen LogP contribution is -2.82. The topological polar surface area (TPSA) is 278 Å². The SMILES string of the molecule is CC(=O)O[C@H]1C(=O)[C@]2(C)[C@@H](OC(=O)CCC(=O)OCOCOC(=O)CCCCC3CCSS3)C[C@H]3OC[C@@]3(OC(C)=O)[C@H]2[C@H](OC(=O)c2ccccc2)[C@]2(O)C[C@H](OC(=O)[C@H](O[Si](C)(C)C(C)(C)C)[C@@H](NC(=O)c3ccccc3)c3ccccc3)C(C)=C1C2(C)C. The number of carbonyl (C=O) groups is 9. The number of esters is 7. The van der Waals surface area contributed by atoms with Crippen LogP contribution in [0, 0.1) is 16.7 Å². The van der Waals surface area contributed by atoms with Gasteiger partial charge in [0.15, 0.2) is 45.5 Å². The Hall–Kier alpha value is -6.41. The molecule has 2 bridgehead atoms. The van der Waals surface area contributed by atoms with Crippen LogP contribution in [0.15, 0.2) is 102 Å². The van der Waals surface area contributed by atoms with E-state index < -0.39 is 177 Å². The number of benzene rings is 3. The summed E-state index contributed by atoms with van der Waals surface area (Å²) in [5.41, 5.74) is -7.64. The first-order chi connectivity index (χ1) is 42.9. The van der Waals surface area contributed by atoms with Gasteiger partial charge in [0, 0.05) is 55.1 Å². The molecule has 2 N–H and O–H groups in total. The van der Waals surface area contributed by atoms with E-state index in [9.17, 15) is 38.7 Å². The van der Waals surface area contributed by atoms with E-state index in [0.717, 1.165) is 38.9 Å². The van der Waals surface area contributed by atoms with Crippen LogP contribution in [0.25, 0.3) is 0 Å². The molecule has 91 heavy (non-hydrogen) atoms. The van der Waals surface area contributed by atoms with Crippen molar-refractivity contribution in [3.63, 3.8) is 0 Å². The Balaban J connectivity index is 1.16. The number of hydrogen-bond donors (Lipinski definition) is 2. The first-order valence-electron chi connectivity index (χ1n) is 30.8. The van der Waals surface area contributed by atoms with Gasteiger partial charge in [-0.3, -0.25) is 33.6 Å². The summed E-state index contributed by atoms with van der Waals surface area (Å²) in [6.45, 7) is 16.6. The smallest absolute Gasteiger partial charge is 0.338 e. The van der Waals surface area contributed by atoms with Crippen molar-refractivity contribution in [3.05, 3.63) is 119 Å². The minimum atomic E-state index is -3.03. The van der Waals surface area contributed by atoms with E-state index in [4.69, 9.17) is 47.1 Å². The normalized spacial score (nSPS) is 27.3. The summed E-state index contributed by atoms with van der Waals surface area (Å²) in [7, 11) is 0.716. The molecule has 5 aliphatic rings. The highest BCUT2D eigenvalue weighted by molar-refractivity contribution is 8.77. The fourth-order valence-corrected chi connectivity index (χ4v) is 17.2. The molecular weight excluding hydrogens is 1230 g/mol. The van der Waals surface area contributed by atoms with E-state index >= 15 is 9.59 Å². The lowest BCUT2D eigenvalue weighted by atomic mass is 9.44. The van der Waals surface area contributed by atoms with E-state index in [-0.39, 0.29) is 29.6 Å². The molecule has 494 valence electrons. The van der Waals surface area contributed by atoms with Gasteiger partial charge in [0.1, 0.15) is 30.0 Å². The number of hydrogen-bond acceptors (Lipinski definition) is 22. The third-order valence-electron chi connectivity index (χ3n) is 19.0. The third-order valence-corrected chi connectivity index (χ3v) is 26.4. The first kappa shape index (κ1) is 70.5. The minimum Gasteiger partial charge on any atom is -0.461 e. The predicted molar refractivity (Wildman–Crippen MR) is 337 cm³/mol. The molecule has 1 unspecified atom stereocenters. The average Bonchev–Trinajstić information content (AvgIpc) is 0.796. The number of rotatable bonds is 25. The molecule has 24 heteroatoms. The van der Waals surface area contributed by atoms with Crippen LogP contribution >= 0.6 is 21.6 Å². The molecule has 2 aliphatic heterocycles. The number of unbranched alkanes of at least 4 members (excludes halogenated alkanes) is 1. The summed E-state index contributed by atoms with van der Waals surface area (Å²) >= 11 is 0. The number of carbonyl (C=O) groups excluding carboxylic acids is 9. The second-order valence-electron chi connectivity index (χ2n) is 26.2. The largest absolute Gasteiger partial charge is 0.461 e. The van der Waals surface area contributed by atoms with Crippen LogP contribution in [0.1, 0.15) is 152 Å². The molecule has 1 amide bonds. The number of nitrogens with one attached hydrogen (secondary N) is 1. The number of fused-ring (bicyclic) bond motifs is 5. The standard InChI is InChI=1S/C67H85NO20S2Si/c1-40-47(84-62(77)56(88-91(10,11)63(4,5)6)54(43-23-15-12-16-24-43)68-60(75)44-25-17-13-18-26-44)36-67(78)59(86-61(76)45-27-19-14-20-28-45)57-65(9,58(74)55(83-41(2)69)53(40)64(67,7)8)48(35-49-66(57,37-80-49)87-42(3)70)85-52(73)32-31-51(72)82-39-79-38-81-50(71)30-22-21-29-46-33-34-89-90-46/h12-20,23-28,46-49,54-57,59,78H,21-22,29-39H2,1-11H3,(H,68,75)/t46?,47-,48-,49+,54-,55+,56+,57-,59-,65+,66-,67+/m0/s1. The molecule has 21 nitrogen and oxygen atoms in total. The van der Waals surface area contributed by atoms with Crippen molar-refractivity contribution in [2.24, 2.45) is 16.7 Å². The van der Waals surface area contributed by atoms with Crippen molar-refractivity contribution in [2.45, 2.75) is 197 Å². The number of aliphatic hydroxyl groups is 1. The van der Waals surface area contributed by atoms with Gasteiger partial charge in [0.25, 0.3) is 5.91 Å². The quantitative estimate of drug-likeness (QED) is 0.0152. The van der Waals surface area contributed by atoms with Crippen molar-refractivity contribution >= 4 is 83.4 Å². The highest BCUT2D eigenvalue weighted by Crippen LogP contribution is 2.65. The van der Waals surface area contributed by atoms with E-state index in [1.165, 1.54) is 19.1 Å². The zero-order valence-electron chi connectivity index (χ0n) is 53.6. The minimum absolute atomic E-state index is 0.0106. The van der Waals surface area contributed by atoms with Crippen LogP contribution in [-0.2, 0) is 80.6 Å². The molecule has 3 aliphatic carbocycles. The van der Waals surface area contributed by atoms with E-state index in [1.807, 2.05) is 55.5 Å².